The Morgan fingerprint density at radius 2 is 1.80 bits per heavy atom. The number of rotatable bonds is 4. The zero-order valence-electron chi connectivity index (χ0n) is 11.1. The maximum atomic E-state index is 12.2. The molecule has 0 amide bonds. The number of methoxy groups -OCH3 is 1. The summed E-state index contributed by atoms with van der Waals surface area (Å²) < 4.78 is 31.8. The van der Waals surface area contributed by atoms with Crippen LogP contribution in [0.2, 0.25) is 0 Å². The molecule has 0 radical (unpaired) electrons. The topological polar surface area (TPSA) is 75.6 Å². The van der Waals surface area contributed by atoms with Crippen molar-refractivity contribution in [1.82, 2.24) is 0 Å². The number of phenolic OH excluding ortho intramolecular Hbond substituents is 1. The van der Waals surface area contributed by atoms with Crippen LogP contribution in [0.15, 0.2) is 47.4 Å². The first-order chi connectivity index (χ1) is 9.44. The molecule has 0 aliphatic rings. The fourth-order valence-corrected chi connectivity index (χ4v) is 2.86. The van der Waals surface area contributed by atoms with E-state index in [-0.39, 0.29) is 16.3 Å². The van der Waals surface area contributed by atoms with Crippen molar-refractivity contribution in [3.05, 3.63) is 48.0 Å². The molecule has 2 aromatic rings. The van der Waals surface area contributed by atoms with Crippen LogP contribution in [0.3, 0.4) is 0 Å². The largest absolute Gasteiger partial charge is 0.506 e. The molecule has 0 fully saturated rings. The number of nitrogens with one attached hydrogen (secondary N) is 1. The van der Waals surface area contributed by atoms with E-state index in [9.17, 15) is 13.5 Å². The number of aromatic hydroxyl groups is 1. The van der Waals surface area contributed by atoms with Crippen LogP contribution in [0.25, 0.3) is 0 Å². The van der Waals surface area contributed by atoms with E-state index in [0.717, 1.165) is 0 Å². The zero-order chi connectivity index (χ0) is 14.8. The van der Waals surface area contributed by atoms with Crippen molar-refractivity contribution in [3.8, 4) is 11.5 Å². The SMILES string of the molecule is COc1cc(NS(=O)(=O)c2ccccc2)c(O)cc1C. The normalized spacial score (nSPS) is 11.1. The molecule has 0 saturated heterocycles. The number of hydrogen-bond acceptors (Lipinski definition) is 4. The smallest absolute Gasteiger partial charge is 0.262 e. The highest BCUT2D eigenvalue weighted by Gasteiger charge is 2.17. The van der Waals surface area contributed by atoms with Gasteiger partial charge in [0.15, 0.2) is 0 Å². The quantitative estimate of drug-likeness (QED) is 0.849. The first kappa shape index (κ1) is 14.2. The Morgan fingerprint density at radius 1 is 1.15 bits per heavy atom. The number of ether oxygens (including phenoxy) is 1. The van der Waals surface area contributed by atoms with Gasteiger partial charge in [-0.2, -0.15) is 0 Å². The molecule has 0 aromatic heterocycles. The predicted octanol–water partition coefficient (Wildman–Crippen LogP) is 2.51. The van der Waals surface area contributed by atoms with Gasteiger partial charge in [0, 0.05) is 6.07 Å². The minimum Gasteiger partial charge on any atom is -0.506 e. The molecule has 0 spiro atoms. The van der Waals surface area contributed by atoms with Crippen molar-refractivity contribution in [3.63, 3.8) is 0 Å². The summed E-state index contributed by atoms with van der Waals surface area (Å²) in [5, 5.41) is 9.84. The number of hydrogen-bond donors (Lipinski definition) is 2. The molecular formula is C14H15NO4S. The summed E-state index contributed by atoms with van der Waals surface area (Å²) in [6, 6.07) is 10.8. The molecule has 106 valence electrons. The summed E-state index contributed by atoms with van der Waals surface area (Å²) in [6.45, 7) is 1.76. The van der Waals surface area contributed by atoms with E-state index in [0.29, 0.717) is 11.3 Å². The highest BCUT2D eigenvalue weighted by Crippen LogP contribution is 2.32. The lowest BCUT2D eigenvalue weighted by Crippen LogP contribution is -2.13. The molecular weight excluding hydrogens is 278 g/mol. The van der Waals surface area contributed by atoms with E-state index in [1.807, 2.05) is 0 Å². The van der Waals surface area contributed by atoms with Gasteiger partial charge >= 0.3 is 0 Å². The molecule has 2 N–H and O–H groups in total. The van der Waals surface area contributed by atoms with Gasteiger partial charge in [-0.3, -0.25) is 4.72 Å². The Labute approximate surface area is 117 Å². The summed E-state index contributed by atoms with van der Waals surface area (Å²) >= 11 is 0. The van der Waals surface area contributed by atoms with E-state index in [2.05, 4.69) is 4.72 Å². The molecule has 0 bridgehead atoms. The number of sulfonamides is 1. The molecule has 0 heterocycles. The van der Waals surface area contributed by atoms with Gasteiger partial charge in [-0.15, -0.1) is 0 Å². The van der Waals surface area contributed by atoms with Crippen molar-refractivity contribution in [2.75, 3.05) is 11.8 Å². The summed E-state index contributed by atoms with van der Waals surface area (Å²) in [7, 11) is -2.26. The Kier molecular flexibility index (Phi) is 3.85. The average Bonchev–Trinajstić information content (AvgIpc) is 2.43. The van der Waals surface area contributed by atoms with E-state index >= 15 is 0 Å². The summed E-state index contributed by atoms with van der Waals surface area (Å²) in [4.78, 5) is 0.124. The summed E-state index contributed by atoms with van der Waals surface area (Å²) in [5.41, 5.74) is 0.795. The Morgan fingerprint density at radius 3 is 2.40 bits per heavy atom. The van der Waals surface area contributed by atoms with Gasteiger partial charge < -0.3 is 9.84 Å². The number of anilines is 1. The predicted molar refractivity (Wildman–Crippen MR) is 76.6 cm³/mol. The second-order valence-electron chi connectivity index (χ2n) is 4.26. The van der Waals surface area contributed by atoms with Crippen LogP contribution in [-0.2, 0) is 10.0 Å². The van der Waals surface area contributed by atoms with Crippen molar-refractivity contribution in [2.24, 2.45) is 0 Å². The van der Waals surface area contributed by atoms with Crippen LogP contribution in [0, 0.1) is 6.92 Å². The Hall–Kier alpha value is -2.21. The summed E-state index contributed by atoms with van der Waals surface area (Å²) in [5.74, 6) is 0.344. The van der Waals surface area contributed by atoms with Crippen LogP contribution >= 0.6 is 0 Å². The maximum Gasteiger partial charge on any atom is 0.262 e. The van der Waals surface area contributed by atoms with E-state index in [4.69, 9.17) is 4.74 Å². The molecule has 0 atom stereocenters. The van der Waals surface area contributed by atoms with E-state index in [1.165, 1.54) is 31.4 Å². The molecule has 20 heavy (non-hydrogen) atoms. The average molecular weight is 293 g/mol. The first-order valence-electron chi connectivity index (χ1n) is 5.89. The third kappa shape index (κ3) is 2.85. The molecule has 2 aromatic carbocycles. The van der Waals surface area contributed by atoms with E-state index in [1.54, 1.807) is 25.1 Å². The maximum absolute atomic E-state index is 12.2. The highest BCUT2D eigenvalue weighted by atomic mass is 32.2. The van der Waals surface area contributed by atoms with Crippen molar-refractivity contribution >= 4 is 15.7 Å². The molecule has 5 nitrogen and oxygen atoms in total. The lowest BCUT2D eigenvalue weighted by Gasteiger charge is -2.12. The minimum absolute atomic E-state index is 0.0799. The van der Waals surface area contributed by atoms with Crippen LogP contribution in [0.4, 0.5) is 5.69 Å². The lowest BCUT2D eigenvalue weighted by molar-refractivity contribution is 0.409. The Balaban J connectivity index is 2.40. The highest BCUT2D eigenvalue weighted by molar-refractivity contribution is 7.92. The Bertz CT molecular complexity index is 711. The lowest BCUT2D eigenvalue weighted by atomic mass is 10.2. The molecule has 2 rings (SSSR count). The molecule has 0 aliphatic heterocycles. The second kappa shape index (κ2) is 5.42. The van der Waals surface area contributed by atoms with Gasteiger partial charge in [-0.1, -0.05) is 18.2 Å². The van der Waals surface area contributed by atoms with Gasteiger partial charge in [-0.25, -0.2) is 8.42 Å². The van der Waals surface area contributed by atoms with E-state index < -0.39 is 10.0 Å². The molecule has 0 saturated carbocycles. The first-order valence-corrected chi connectivity index (χ1v) is 7.38. The third-order valence-corrected chi connectivity index (χ3v) is 4.19. The number of aryl methyl sites for hydroxylation is 1. The second-order valence-corrected chi connectivity index (χ2v) is 5.94. The molecule has 0 unspecified atom stereocenters. The number of benzene rings is 2. The molecule has 6 heteroatoms. The van der Waals surface area contributed by atoms with Gasteiger partial charge in [0.25, 0.3) is 10.0 Å². The van der Waals surface area contributed by atoms with Crippen molar-refractivity contribution in [1.29, 1.82) is 0 Å². The number of phenols is 1. The van der Waals surface area contributed by atoms with Gasteiger partial charge in [0.2, 0.25) is 0 Å². The van der Waals surface area contributed by atoms with Gasteiger partial charge in [0.05, 0.1) is 17.7 Å². The van der Waals surface area contributed by atoms with Crippen molar-refractivity contribution in [2.45, 2.75) is 11.8 Å². The fourth-order valence-electron chi connectivity index (χ4n) is 1.78. The standard InChI is InChI=1S/C14H15NO4S/c1-10-8-13(16)12(9-14(10)19-2)15-20(17,18)11-6-4-3-5-7-11/h3-9,15-16H,1-2H3. The molecule has 0 aliphatic carbocycles. The van der Waals surface area contributed by atoms with Crippen molar-refractivity contribution < 1.29 is 18.3 Å². The van der Waals surface area contributed by atoms with Gasteiger partial charge in [0.1, 0.15) is 11.5 Å². The van der Waals surface area contributed by atoms with Crippen LogP contribution in [0.1, 0.15) is 5.56 Å². The zero-order valence-corrected chi connectivity index (χ0v) is 11.9. The monoisotopic (exact) mass is 293 g/mol. The van der Waals surface area contributed by atoms with Crippen LogP contribution in [-0.4, -0.2) is 20.6 Å². The summed E-state index contributed by atoms with van der Waals surface area (Å²) in [6.07, 6.45) is 0. The van der Waals surface area contributed by atoms with Crippen LogP contribution < -0.4 is 9.46 Å². The van der Waals surface area contributed by atoms with Gasteiger partial charge in [-0.05, 0) is 30.7 Å². The minimum atomic E-state index is -3.74. The fraction of sp³-hybridized carbons (Fsp3) is 0.143. The van der Waals surface area contributed by atoms with Crippen LogP contribution in [0.5, 0.6) is 11.5 Å². The third-order valence-electron chi connectivity index (χ3n) is 2.81.